The molecule has 164 valence electrons. The summed E-state index contributed by atoms with van der Waals surface area (Å²) < 4.78 is 10.9. The number of anilines is 1. The number of hydrogen-bond donors (Lipinski definition) is 3. The molecule has 0 spiro atoms. The predicted octanol–water partition coefficient (Wildman–Crippen LogP) is 1.92. The highest BCUT2D eigenvalue weighted by Gasteiger charge is 2.11. The van der Waals surface area contributed by atoms with Crippen molar-refractivity contribution in [1.29, 1.82) is 0 Å². The van der Waals surface area contributed by atoms with E-state index in [-0.39, 0.29) is 12.5 Å². The predicted molar refractivity (Wildman–Crippen MR) is 117 cm³/mol. The minimum atomic E-state index is -0.861. The third kappa shape index (κ3) is 7.14. The zero-order chi connectivity index (χ0) is 22.8. The van der Waals surface area contributed by atoms with Gasteiger partial charge in [-0.2, -0.15) is 5.10 Å². The van der Waals surface area contributed by atoms with Gasteiger partial charge in [-0.25, -0.2) is 5.43 Å². The van der Waals surface area contributed by atoms with Crippen molar-refractivity contribution in [3.8, 4) is 11.5 Å². The van der Waals surface area contributed by atoms with Gasteiger partial charge >= 0.3 is 11.8 Å². The van der Waals surface area contributed by atoms with Gasteiger partial charge in [-0.1, -0.05) is 17.7 Å². The average Bonchev–Trinajstić information content (AvgIpc) is 2.74. The van der Waals surface area contributed by atoms with Crippen LogP contribution < -0.4 is 25.5 Å². The molecule has 0 aromatic heterocycles. The van der Waals surface area contributed by atoms with Gasteiger partial charge in [0.2, 0.25) is 0 Å². The number of ether oxygens (including phenoxy) is 2. The van der Waals surface area contributed by atoms with Crippen LogP contribution >= 0.6 is 0 Å². The molecule has 0 radical (unpaired) electrons. The summed E-state index contributed by atoms with van der Waals surface area (Å²) in [6.45, 7) is 5.76. The van der Waals surface area contributed by atoms with E-state index < -0.39 is 11.8 Å². The fraction of sp³-hybridized carbons (Fsp3) is 0.273. The Kier molecular flexibility index (Phi) is 8.56. The van der Waals surface area contributed by atoms with Crippen LogP contribution in [-0.4, -0.2) is 44.2 Å². The van der Waals surface area contributed by atoms with Crippen molar-refractivity contribution < 1.29 is 23.9 Å². The summed E-state index contributed by atoms with van der Waals surface area (Å²) in [6.07, 6.45) is 1.36. The summed E-state index contributed by atoms with van der Waals surface area (Å²) in [5.74, 6) is -1.16. The van der Waals surface area contributed by atoms with Crippen LogP contribution in [0, 0.1) is 13.8 Å². The molecular formula is C22H26N4O5. The molecule has 0 aliphatic carbocycles. The van der Waals surface area contributed by atoms with E-state index >= 15 is 0 Å². The molecule has 2 aromatic carbocycles. The minimum Gasteiger partial charge on any atom is -0.493 e. The minimum absolute atomic E-state index is 0.195. The van der Waals surface area contributed by atoms with Crippen LogP contribution in [0.25, 0.3) is 0 Å². The second kappa shape index (κ2) is 11.3. The first kappa shape index (κ1) is 23.4. The number of nitrogens with zero attached hydrogens (tertiary/aromatic N) is 1. The number of methoxy groups -OCH3 is 1. The number of amides is 3. The molecule has 0 saturated heterocycles. The molecule has 3 amide bonds. The second-order valence-corrected chi connectivity index (χ2v) is 6.62. The summed E-state index contributed by atoms with van der Waals surface area (Å²) in [4.78, 5) is 35.1. The van der Waals surface area contributed by atoms with Gasteiger partial charge in [0.15, 0.2) is 18.1 Å². The van der Waals surface area contributed by atoms with Crippen LogP contribution in [0.4, 0.5) is 5.69 Å². The number of carbonyl (C=O) groups excluding carboxylic acids is 3. The highest BCUT2D eigenvalue weighted by atomic mass is 16.5. The van der Waals surface area contributed by atoms with Crippen LogP contribution in [-0.2, 0) is 14.4 Å². The van der Waals surface area contributed by atoms with E-state index in [2.05, 4.69) is 21.2 Å². The molecule has 2 rings (SSSR count). The Morgan fingerprint density at radius 1 is 1.03 bits per heavy atom. The number of hydrogen-bond acceptors (Lipinski definition) is 6. The van der Waals surface area contributed by atoms with Crippen LogP contribution in [0.3, 0.4) is 0 Å². The molecule has 9 heteroatoms. The summed E-state index contributed by atoms with van der Waals surface area (Å²) in [5, 5.41) is 8.92. The molecule has 0 bridgehead atoms. The van der Waals surface area contributed by atoms with Crippen molar-refractivity contribution in [1.82, 2.24) is 10.7 Å². The van der Waals surface area contributed by atoms with Crippen molar-refractivity contribution in [3.05, 3.63) is 53.1 Å². The Labute approximate surface area is 180 Å². The zero-order valence-electron chi connectivity index (χ0n) is 17.9. The van der Waals surface area contributed by atoms with E-state index in [1.165, 1.54) is 13.3 Å². The Morgan fingerprint density at radius 2 is 1.81 bits per heavy atom. The topological polar surface area (TPSA) is 118 Å². The molecule has 3 N–H and O–H groups in total. The van der Waals surface area contributed by atoms with E-state index in [1.54, 1.807) is 25.1 Å². The second-order valence-electron chi connectivity index (χ2n) is 6.62. The summed E-state index contributed by atoms with van der Waals surface area (Å²) in [6, 6.07) is 10.7. The molecule has 0 unspecified atom stereocenters. The molecule has 0 heterocycles. The van der Waals surface area contributed by atoms with Gasteiger partial charge in [0.1, 0.15) is 0 Å². The molecule has 31 heavy (non-hydrogen) atoms. The van der Waals surface area contributed by atoms with E-state index in [1.807, 2.05) is 32.0 Å². The van der Waals surface area contributed by atoms with E-state index in [4.69, 9.17) is 9.47 Å². The maximum Gasteiger partial charge on any atom is 0.329 e. The Hall–Kier alpha value is -3.88. The van der Waals surface area contributed by atoms with Crippen molar-refractivity contribution >= 4 is 29.6 Å². The third-order valence-corrected chi connectivity index (χ3v) is 4.13. The molecule has 0 aliphatic rings. The lowest BCUT2D eigenvalue weighted by molar-refractivity contribution is -0.139. The zero-order valence-corrected chi connectivity index (χ0v) is 17.9. The van der Waals surface area contributed by atoms with Crippen LogP contribution in [0.15, 0.2) is 41.5 Å². The number of aryl methyl sites for hydroxylation is 2. The summed E-state index contributed by atoms with van der Waals surface area (Å²) >= 11 is 0. The number of hydrazone groups is 1. The summed E-state index contributed by atoms with van der Waals surface area (Å²) in [7, 11) is 1.47. The van der Waals surface area contributed by atoms with Crippen molar-refractivity contribution in [2.24, 2.45) is 5.10 Å². The molecule has 0 saturated carbocycles. The lowest BCUT2D eigenvalue weighted by Gasteiger charge is -2.12. The van der Waals surface area contributed by atoms with Crippen molar-refractivity contribution in [3.63, 3.8) is 0 Å². The molecular weight excluding hydrogens is 400 g/mol. The van der Waals surface area contributed by atoms with Crippen LogP contribution in [0.1, 0.15) is 23.6 Å². The first-order valence-electron chi connectivity index (χ1n) is 9.63. The van der Waals surface area contributed by atoms with Gasteiger partial charge in [-0.15, -0.1) is 0 Å². The average molecular weight is 426 g/mol. The van der Waals surface area contributed by atoms with Gasteiger partial charge < -0.3 is 20.1 Å². The van der Waals surface area contributed by atoms with Crippen molar-refractivity contribution in [2.75, 3.05) is 25.6 Å². The number of likely N-dealkylation sites (N-methyl/N-ethyl adjacent to an activating group) is 1. The maximum atomic E-state index is 12.2. The van der Waals surface area contributed by atoms with Gasteiger partial charge in [-0.05, 0) is 56.2 Å². The SMILES string of the molecule is CCNC(=O)C(=O)N/N=C\c1ccc(OCC(=O)Nc2ccc(C)cc2C)c(OC)c1. The lowest BCUT2D eigenvalue weighted by Crippen LogP contribution is -2.37. The number of carbonyl (C=O) groups is 3. The monoisotopic (exact) mass is 426 g/mol. The fourth-order valence-electron chi connectivity index (χ4n) is 2.62. The van der Waals surface area contributed by atoms with Gasteiger partial charge in [0.25, 0.3) is 5.91 Å². The van der Waals surface area contributed by atoms with E-state index in [0.29, 0.717) is 23.6 Å². The van der Waals surface area contributed by atoms with Gasteiger partial charge in [0.05, 0.1) is 13.3 Å². The normalized spacial score (nSPS) is 10.5. The molecule has 0 atom stereocenters. The van der Waals surface area contributed by atoms with Gasteiger partial charge in [-0.3, -0.25) is 14.4 Å². The van der Waals surface area contributed by atoms with Crippen LogP contribution in [0.5, 0.6) is 11.5 Å². The van der Waals surface area contributed by atoms with Gasteiger partial charge in [0, 0.05) is 12.2 Å². The Morgan fingerprint density at radius 3 is 2.48 bits per heavy atom. The highest BCUT2D eigenvalue weighted by molar-refractivity contribution is 6.35. The largest absolute Gasteiger partial charge is 0.493 e. The molecule has 0 aliphatic heterocycles. The smallest absolute Gasteiger partial charge is 0.329 e. The number of benzene rings is 2. The Balaban J connectivity index is 1.95. The first-order valence-corrected chi connectivity index (χ1v) is 9.63. The quantitative estimate of drug-likeness (QED) is 0.339. The van der Waals surface area contributed by atoms with E-state index in [0.717, 1.165) is 16.8 Å². The van der Waals surface area contributed by atoms with E-state index in [9.17, 15) is 14.4 Å². The van der Waals surface area contributed by atoms with Crippen molar-refractivity contribution in [2.45, 2.75) is 20.8 Å². The first-order chi connectivity index (χ1) is 14.8. The standard InChI is InChI=1S/C22H26N4O5/c1-5-23-21(28)22(29)26-24-12-16-7-9-18(19(11-16)30-4)31-13-20(27)25-17-8-6-14(2)10-15(17)3/h6-12H,5,13H2,1-4H3,(H,23,28)(H,25,27)(H,26,29)/b24-12-. The molecule has 0 fully saturated rings. The number of nitrogens with one attached hydrogen (secondary N) is 3. The Bertz CT molecular complexity index is 988. The molecule has 9 nitrogen and oxygen atoms in total. The number of rotatable bonds is 8. The fourth-order valence-corrected chi connectivity index (χ4v) is 2.62. The lowest BCUT2D eigenvalue weighted by atomic mass is 10.1. The highest BCUT2D eigenvalue weighted by Crippen LogP contribution is 2.27. The molecule has 2 aromatic rings. The van der Waals surface area contributed by atoms with Crippen LogP contribution in [0.2, 0.25) is 0 Å². The third-order valence-electron chi connectivity index (χ3n) is 4.13. The maximum absolute atomic E-state index is 12.2. The summed E-state index contributed by atoms with van der Waals surface area (Å²) in [5.41, 5.74) is 5.54.